The van der Waals surface area contributed by atoms with Crippen molar-refractivity contribution in [3.8, 4) is 0 Å². The summed E-state index contributed by atoms with van der Waals surface area (Å²) in [6, 6.07) is 0. The molecule has 0 radical (unpaired) electrons. The Hall–Kier alpha value is -0.160. The molecule has 1 aliphatic rings. The highest BCUT2D eigenvalue weighted by Gasteiger charge is 2.21. The number of hydrogen-bond acceptors (Lipinski definition) is 4. The van der Waals surface area contributed by atoms with Gasteiger partial charge in [-0.3, -0.25) is 0 Å². The van der Waals surface area contributed by atoms with Crippen LogP contribution in [-0.2, 0) is 0 Å². The van der Waals surface area contributed by atoms with Gasteiger partial charge in [0.05, 0.1) is 0 Å². The van der Waals surface area contributed by atoms with E-state index in [0.29, 0.717) is 0 Å². The van der Waals surface area contributed by atoms with Gasteiger partial charge in [0.2, 0.25) is 5.13 Å². The van der Waals surface area contributed by atoms with Gasteiger partial charge in [0.15, 0.2) is 3.92 Å². The molecule has 0 amide bonds. The minimum atomic E-state index is 0.807. The van der Waals surface area contributed by atoms with Crippen LogP contribution < -0.4 is 4.90 Å². The molecule has 1 unspecified atom stereocenters. The van der Waals surface area contributed by atoms with E-state index in [1.807, 2.05) is 0 Å². The van der Waals surface area contributed by atoms with Gasteiger partial charge in [-0.15, -0.1) is 10.2 Å². The molecule has 1 saturated heterocycles. The molecule has 5 heteroatoms. The molecule has 0 saturated carbocycles. The fourth-order valence-corrected chi connectivity index (χ4v) is 3.45. The summed E-state index contributed by atoms with van der Waals surface area (Å²) in [5.41, 5.74) is 0. The zero-order valence-electron chi connectivity index (χ0n) is 9.82. The normalized spacial score (nSPS) is 22.5. The van der Waals surface area contributed by atoms with Crippen LogP contribution >= 0.6 is 27.3 Å². The highest BCUT2D eigenvalue weighted by Crippen LogP contribution is 2.29. The van der Waals surface area contributed by atoms with E-state index in [9.17, 15) is 0 Å². The first kappa shape index (κ1) is 12.3. The third kappa shape index (κ3) is 2.94. The van der Waals surface area contributed by atoms with Crippen molar-refractivity contribution in [2.75, 3.05) is 18.0 Å². The Morgan fingerprint density at radius 2 is 2.12 bits per heavy atom. The molecule has 0 spiro atoms. The first-order chi connectivity index (χ1) is 7.66. The third-order valence-corrected chi connectivity index (χ3v) is 4.79. The molecule has 3 nitrogen and oxygen atoms in total. The van der Waals surface area contributed by atoms with E-state index in [1.54, 1.807) is 11.3 Å². The average Bonchev–Trinajstić information content (AvgIpc) is 2.54. The van der Waals surface area contributed by atoms with Gasteiger partial charge >= 0.3 is 0 Å². The average molecular weight is 304 g/mol. The molecule has 1 aliphatic heterocycles. The van der Waals surface area contributed by atoms with E-state index >= 15 is 0 Å². The predicted octanol–water partition coefficient (Wildman–Crippen LogP) is 3.56. The van der Waals surface area contributed by atoms with Crippen LogP contribution in [0.3, 0.4) is 0 Å². The summed E-state index contributed by atoms with van der Waals surface area (Å²) < 4.78 is 0.882. The van der Waals surface area contributed by atoms with Crippen molar-refractivity contribution in [1.82, 2.24) is 10.2 Å². The Labute approximate surface area is 109 Å². The topological polar surface area (TPSA) is 29.0 Å². The van der Waals surface area contributed by atoms with Crippen LogP contribution in [0.1, 0.15) is 33.1 Å². The zero-order valence-corrected chi connectivity index (χ0v) is 12.2. The summed E-state index contributed by atoms with van der Waals surface area (Å²) in [5, 5.41) is 9.28. The molecule has 1 fully saturated rings. The predicted molar refractivity (Wildman–Crippen MR) is 72.0 cm³/mol. The molecule has 2 heterocycles. The molecular weight excluding hydrogens is 286 g/mol. The minimum Gasteiger partial charge on any atom is -0.347 e. The molecule has 1 aromatic heterocycles. The molecule has 0 N–H and O–H groups in total. The maximum atomic E-state index is 4.20. The number of aromatic nitrogens is 2. The van der Waals surface area contributed by atoms with Crippen molar-refractivity contribution in [3.05, 3.63) is 3.92 Å². The van der Waals surface area contributed by atoms with Gasteiger partial charge in [-0.1, -0.05) is 25.2 Å². The lowest BCUT2D eigenvalue weighted by Crippen LogP contribution is -2.24. The Bertz CT molecular complexity index is 340. The second-order valence-corrected chi connectivity index (χ2v) is 6.99. The van der Waals surface area contributed by atoms with E-state index < -0.39 is 0 Å². The Balaban J connectivity index is 1.98. The summed E-state index contributed by atoms with van der Waals surface area (Å²) in [4.78, 5) is 2.38. The largest absolute Gasteiger partial charge is 0.347 e. The second kappa shape index (κ2) is 5.45. The summed E-state index contributed by atoms with van der Waals surface area (Å²) >= 11 is 5.01. The van der Waals surface area contributed by atoms with Gasteiger partial charge in [-0.25, -0.2) is 0 Å². The van der Waals surface area contributed by atoms with Gasteiger partial charge in [-0.05, 0) is 47.0 Å². The molecular formula is C11H18BrN3S. The van der Waals surface area contributed by atoms with Gasteiger partial charge in [-0.2, -0.15) is 0 Å². The van der Waals surface area contributed by atoms with Crippen LogP contribution in [0.2, 0.25) is 0 Å². The van der Waals surface area contributed by atoms with Gasteiger partial charge < -0.3 is 4.90 Å². The molecule has 0 bridgehead atoms. The van der Waals surface area contributed by atoms with E-state index in [4.69, 9.17) is 0 Å². The number of hydrogen-bond donors (Lipinski definition) is 0. The maximum Gasteiger partial charge on any atom is 0.209 e. The maximum absolute atomic E-state index is 4.20. The number of anilines is 1. The first-order valence-corrected chi connectivity index (χ1v) is 7.51. The van der Waals surface area contributed by atoms with Crippen LogP contribution in [-0.4, -0.2) is 23.3 Å². The first-order valence-electron chi connectivity index (χ1n) is 5.91. The summed E-state index contributed by atoms with van der Waals surface area (Å²) in [7, 11) is 0. The van der Waals surface area contributed by atoms with Crippen LogP contribution in [0.4, 0.5) is 5.13 Å². The monoisotopic (exact) mass is 303 g/mol. The number of nitrogens with zero attached hydrogens (tertiary/aromatic N) is 3. The lowest BCUT2D eigenvalue weighted by Gasteiger charge is -2.20. The zero-order chi connectivity index (χ0) is 11.5. The van der Waals surface area contributed by atoms with E-state index in [2.05, 4.69) is 44.9 Å². The summed E-state index contributed by atoms with van der Waals surface area (Å²) in [5.74, 6) is 1.68. The van der Waals surface area contributed by atoms with Crippen molar-refractivity contribution in [2.24, 2.45) is 11.8 Å². The van der Waals surface area contributed by atoms with Crippen LogP contribution in [0.15, 0.2) is 3.92 Å². The van der Waals surface area contributed by atoms with Crippen LogP contribution in [0, 0.1) is 11.8 Å². The van der Waals surface area contributed by atoms with Gasteiger partial charge in [0.25, 0.3) is 0 Å². The molecule has 1 aromatic rings. The highest BCUT2D eigenvalue weighted by atomic mass is 79.9. The molecule has 0 aromatic carbocycles. The summed E-state index contributed by atoms with van der Waals surface area (Å²) in [6.07, 6.45) is 3.92. The van der Waals surface area contributed by atoms with Crippen molar-refractivity contribution in [3.63, 3.8) is 0 Å². The minimum absolute atomic E-state index is 0.807. The fourth-order valence-electron chi connectivity index (χ4n) is 2.31. The second-order valence-electron chi connectivity index (χ2n) is 4.76. The molecule has 1 atom stereocenters. The van der Waals surface area contributed by atoms with Gasteiger partial charge in [0.1, 0.15) is 0 Å². The number of rotatable bonds is 2. The molecule has 16 heavy (non-hydrogen) atoms. The van der Waals surface area contributed by atoms with E-state index in [-0.39, 0.29) is 0 Å². The smallest absolute Gasteiger partial charge is 0.209 e. The fraction of sp³-hybridized carbons (Fsp3) is 0.818. The Kier molecular flexibility index (Phi) is 4.19. The molecule has 2 rings (SSSR count). The lowest BCUT2D eigenvalue weighted by molar-refractivity contribution is 0.351. The van der Waals surface area contributed by atoms with Crippen molar-refractivity contribution >= 4 is 32.4 Å². The van der Waals surface area contributed by atoms with Crippen molar-refractivity contribution in [2.45, 2.75) is 33.1 Å². The number of halogens is 1. The molecule has 90 valence electrons. The Morgan fingerprint density at radius 1 is 1.31 bits per heavy atom. The summed E-state index contributed by atoms with van der Waals surface area (Å²) in [6.45, 7) is 6.93. The quantitative estimate of drug-likeness (QED) is 0.836. The van der Waals surface area contributed by atoms with Crippen LogP contribution in [0.25, 0.3) is 0 Å². The van der Waals surface area contributed by atoms with E-state index in [0.717, 1.165) is 34.0 Å². The standard InChI is InChI=1S/C11H18BrN3S/c1-8(2)9-4-3-6-15(7-5-9)11-14-13-10(12)16-11/h8-9H,3-7H2,1-2H3. The third-order valence-electron chi connectivity index (χ3n) is 3.38. The SMILES string of the molecule is CC(C)C1CCCN(c2nnc(Br)s2)CC1. The van der Waals surface area contributed by atoms with Crippen molar-refractivity contribution < 1.29 is 0 Å². The van der Waals surface area contributed by atoms with Crippen LogP contribution in [0.5, 0.6) is 0 Å². The molecule has 0 aliphatic carbocycles. The Morgan fingerprint density at radius 3 is 2.75 bits per heavy atom. The highest BCUT2D eigenvalue weighted by molar-refractivity contribution is 9.11. The lowest BCUT2D eigenvalue weighted by atomic mass is 9.89. The van der Waals surface area contributed by atoms with E-state index in [1.165, 1.54) is 19.3 Å². The van der Waals surface area contributed by atoms with Gasteiger partial charge in [0, 0.05) is 13.1 Å². The van der Waals surface area contributed by atoms with Crippen molar-refractivity contribution in [1.29, 1.82) is 0 Å².